The molecule has 0 aliphatic carbocycles. The zero-order valence-corrected chi connectivity index (χ0v) is 14.4. The van der Waals surface area contributed by atoms with Crippen LogP contribution < -0.4 is 0 Å². The van der Waals surface area contributed by atoms with Gasteiger partial charge in [0.15, 0.2) is 0 Å². The third-order valence-electron chi connectivity index (χ3n) is 0.292. The zero-order valence-electron chi connectivity index (χ0n) is 14.4. The van der Waals surface area contributed by atoms with Gasteiger partial charge in [0.1, 0.15) is 0 Å². The molecule has 0 amide bonds. The summed E-state index contributed by atoms with van der Waals surface area (Å²) in [6.07, 6.45) is 9.62. The molecule has 0 saturated carbocycles. The predicted octanol–water partition coefficient (Wildman–Crippen LogP) is 5.03. The Kier molecular flexibility index (Phi) is 181. The Bertz CT molecular complexity index is 153. The largest absolute Gasteiger partial charge is 0.474 e. The van der Waals surface area contributed by atoms with Crippen LogP contribution in [0.2, 0.25) is 0 Å². The van der Waals surface area contributed by atoms with E-state index in [0.29, 0.717) is 0 Å². The van der Waals surface area contributed by atoms with Gasteiger partial charge in [-0.3, -0.25) is 0 Å². The van der Waals surface area contributed by atoms with Crippen LogP contribution in [0.25, 0.3) is 0 Å². The Morgan fingerprint density at radius 1 is 0.619 bits per heavy atom. The molecular formula is C18H36O3. The second kappa shape index (κ2) is 104. The minimum atomic E-state index is -0.125. The van der Waals surface area contributed by atoms with E-state index in [1.165, 1.54) is 12.5 Å². The molecule has 0 unspecified atom stereocenters. The fraction of sp³-hybridized carbons (Fsp3) is 0.333. The van der Waals surface area contributed by atoms with Crippen molar-refractivity contribution < 1.29 is 14.9 Å². The number of aliphatic hydroxyl groups is 2. The maximum atomic E-state index is 7.62. The van der Waals surface area contributed by atoms with Crippen molar-refractivity contribution >= 4 is 0 Å². The molecule has 0 aliphatic heterocycles. The van der Waals surface area contributed by atoms with Crippen LogP contribution in [-0.4, -0.2) is 23.4 Å². The molecule has 21 heavy (non-hydrogen) atoms. The molecule has 2 N–H and O–H groups in total. The minimum Gasteiger partial charge on any atom is -0.474 e. The SMILES string of the molecule is C=CC.C=CC.C=CC.C=CC.C=COC=C.OCCO. The molecule has 0 aromatic rings. The van der Waals surface area contributed by atoms with Crippen LogP contribution in [0.15, 0.2) is 76.3 Å². The second-order valence-electron chi connectivity index (χ2n) is 2.55. The van der Waals surface area contributed by atoms with Gasteiger partial charge in [-0.25, -0.2) is 0 Å². The Morgan fingerprint density at radius 2 is 0.762 bits per heavy atom. The van der Waals surface area contributed by atoms with Crippen molar-refractivity contribution in [2.24, 2.45) is 0 Å². The van der Waals surface area contributed by atoms with E-state index in [4.69, 9.17) is 10.2 Å². The average Bonchev–Trinajstić information content (AvgIpc) is 2.43. The number of ether oxygens (including phenoxy) is 1. The first-order valence-electron chi connectivity index (χ1n) is 6.36. The van der Waals surface area contributed by atoms with E-state index in [-0.39, 0.29) is 13.2 Å². The number of aliphatic hydroxyl groups excluding tert-OH is 2. The number of hydrogen-bond donors (Lipinski definition) is 2. The van der Waals surface area contributed by atoms with Crippen molar-refractivity contribution in [2.75, 3.05) is 13.2 Å². The van der Waals surface area contributed by atoms with Crippen LogP contribution in [0.1, 0.15) is 27.7 Å². The number of allylic oxidation sites excluding steroid dienone is 4. The summed E-state index contributed by atoms with van der Waals surface area (Å²) in [4.78, 5) is 0. The molecule has 0 fully saturated rings. The van der Waals surface area contributed by atoms with Crippen molar-refractivity contribution in [1.29, 1.82) is 0 Å². The highest BCUT2D eigenvalue weighted by atomic mass is 16.5. The summed E-state index contributed by atoms with van der Waals surface area (Å²) in [7, 11) is 0. The van der Waals surface area contributed by atoms with Crippen molar-refractivity contribution in [3.63, 3.8) is 0 Å². The summed E-state index contributed by atoms with van der Waals surface area (Å²) >= 11 is 0. The number of rotatable bonds is 3. The number of hydrogen-bond acceptors (Lipinski definition) is 3. The van der Waals surface area contributed by atoms with Gasteiger partial charge in [-0.15, -0.1) is 26.3 Å². The fourth-order valence-corrected chi connectivity index (χ4v) is 0.0680. The van der Waals surface area contributed by atoms with Crippen LogP contribution in [0.3, 0.4) is 0 Å². The zero-order chi connectivity index (χ0) is 18.4. The lowest BCUT2D eigenvalue weighted by Gasteiger charge is -1.76. The molecule has 0 spiro atoms. The lowest BCUT2D eigenvalue weighted by atomic mass is 10.8. The van der Waals surface area contributed by atoms with Crippen molar-refractivity contribution in [3.05, 3.63) is 76.3 Å². The van der Waals surface area contributed by atoms with Crippen LogP contribution in [0.5, 0.6) is 0 Å². The molecular weight excluding hydrogens is 264 g/mol. The van der Waals surface area contributed by atoms with Crippen LogP contribution in [0, 0.1) is 0 Å². The van der Waals surface area contributed by atoms with Gasteiger partial charge in [0.2, 0.25) is 0 Å². The van der Waals surface area contributed by atoms with Gasteiger partial charge in [0, 0.05) is 0 Å². The van der Waals surface area contributed by atoms with Gasteiger partial charge < -0.3 is 14.9 Å². The van der Waals surface area contributed by atoms with Gasteiger partial charge in [-0.1, -0.05) is 37.5 Å². The third-order valence-corrected chi connectivity index (χ3v) is 0.292. The summed E-state index contributed by atoms with van der Waals surface area (Å²) in [5, 5.41) is 15.2. The highest BCUT2D eigenvalue weighted by Crippen LogP contribution is 1.65. The van der Waals surface area contributed by atoms with Crippen LogP contribution in [-0.2, 0) is 4.74 Å². The highest BCUT2D eigenvalue weighted by Gasteiger charge is 1.58. The van der Waals surface area contributed by atoms with Gasteiger partial charge in [0.05, 0.1) is 25.7 Å². The van der Waals surface area contributed by atoms with Crippen molar-refractivity contribution in [1.82, 2.24) is 0 Å². The maximum absolute atomic E-state index is 7.62. The quantitative estimate of drug-likeness (QED) is 0.567. The average molecular weight is 300 g/mol. The molecule has 126 valence electrons. The van der Waals surface area contributed by atoms with E-state index in [2.05, 4.69) is 44.2 Å². The first-order chi connectivity index (χ1) is 9.99. The molecule has 0 rings (SSSR count). The van der Waals surface area contributed by atoms with E-state index in [9.17, 15) is 0 Å². The molecule has 3 heteroatoms. The Balaban J connectivity index is -0.0000000327. The Morgan fingerprint density at radius 3 is 0.762 bits per heavy atom. The lowest BCUT2D eigenvalue weighted by Crippen LogP contribution is -1.85. The molecule has 0 aromatic carbocycles. The van der Waals surface area contributed by atoms with Crippen molar-refractivity contribution in [2.45, 2.75) is 27.7 Å². The lowest BCUT2D eigenvalue weighted by molar-refractivity contribution is 0.186. The molecule has 0 saturated heterocycles. The molecule has 0 atom stereocenters. The summed E-state index contributed by atoms with van der Waals surface area (Å²) in [6.45, 7) is 27.3. The summed E-state index contributed by atoms with van der Waals surface area (Å²) < 4.78 is 4.36. The van der Waals surface area contributed by atoms with Gasteiger partial charge in [-0.2, -0.15) is 0 Å². The predicted molar refractivity (Wildman–Crippen MR) is 99.1 cm³/mol. The molecule has 0 aliphatic rings. The smallest absolute Gasteiger partial charge is 0.0829 e. The summed E-state index contributed by atoms with van der Waals surface area (Å²) in [6, 6.07) is 0. The van der Waals surface area contributed by atoms with E-state index in [1.54, 1.807) is 24.3 Å². The minimum absolute atomic E-state index is 0.125. The van der Waals surface area contributed by atoms with E-state index in [0.717, 1.165) is 0 Å². The highest BCUT2D eigenvalue weighted by molar-refractivity contribution is 4.57. The third kappa shape index (κ3) is 3520. The molecule has 0 aromatic heterocycles. The van der Waals surface area contributed by atoms with Crippen LogP contribution >= 0.6 is 0 Å². The van der Waals surface area contributed by atoms with Crippen LogP contribution in [0.4, 0.5) is 0 Å². The van der Waals surface area contributed by atoms with Crippen molar-refractivity contribution in [3.8, 4) is 0 Å². The fourth-order valence-electron chi connectivity index (χ4n) is 0.0680. The summed E-state index contributed by atoms with van der Waals surface area (Å²) in [5.74, 6) is 0. The van der Waals surface area contributed by atoms with E-state index >= 15 is 0 Å². The monoisotopic (exact) mass is 300 g/mol. The Hall–Kier alpha value is -1.84. The van der Waals surface area contributed by atoms with Gasteiger partial charge in [0.25, 0.3) is 0 Å². The second-order valence-corrected chi connectivity index (χ2v) is 2.55. The first-order valence-corrected chi connectivity index (χ1v) is 6.36. The van der Waals surface area contributed by atoms with E-state index < -0.39 is 0 Å². The first kappa shape index (κ1) is 36.5. The molecule has 3 nitrogen and oxygen atoms in total. The maximum Gasteiger partial charge on any atom is 0.0829 e. The topological polar surface area (TPSA) is 49.7 Å². The normalized spacial score (nSPS) is 5.24. The Labute approximate surface area is 133 Å². The summed E-state index contributed by atoms with van der Waals surface area (Å²) in [5.41, 5.74) is 0. The van der Waals surface area contributed by atoms with Gasteiger partial charge in [-0.05, 0) is 27.7 Å². The molecule has 0 bridgehead atoms. The molecule has 0 radical (unpaired) electrons. The van der Waals surface area contributed by atoms with E-state index in [1.807, 2.05) is 27.7 Å². The standard InChI is InChI=1S/C4H6O.4C3H6.C2H6O2/c1-3-5-4-2;4*1-3-2;3-1-2-4/h3-4H,1-2H2;4*3H,1H2,2H3;3-4H,1-2H2. The molecule has 0 heterocycles. The van der Waals surface area contributed by atoms with Gasteiger partial charge >= 0.3 is 0 Å².